The zero-order valence-corrected chi connectivity index (χ0v) is 39.5. The molecule has 67 heavy (non-hydrogen) atoms. The third kappa shape index (κ3) is 6.90. The summed E-state index contributed by atoms with van der Waals surface area (Å²) in [5.74, 6) is 0. The summed E-state index contributed by atoms with van der Waals surface area (Å²) < 4.78 is 2.65. The van der Waals surface area contributed by atoms with Crippen LogP contribution in [0.3, 0.4) is 0 Å². The normalized spacial score (nSPS) is 13.0. The van der Waals surface area contributed by atoms with Gasteiger partial charge in [-0.3, -0.25) is 0 Å². The Morgan fingerprint density at radius 2 is 1.01 bits per heavy atom. The molecule has 0 amide bonds. The van der Waals surface area contributed by atoms with Crippen LogP contribution in [0.15, 0.2) is 218 Å². The summed E-state index contributed by atoms with van der Waals surface area (Å²) >= 11 is 1.89. The molecule has 11 aromatic rings. The second kappa shape index (κ2) is 15.8. The number of benzene rings is 10. The smallest absolute Gasteiger partial charge is 0.0546 e. The maximum absolute atomic E-state index is 2.54. The third-order valence-corrected chi connectivity index (χ3v) is 15.5. The van der Waals surface area contributed by atoms with Crippen LogP contribution < -0.4 is 4.90 Å². The molecule has 0 spiro atoms. The molecule has 1 nitrogen and oxygen atoms in total. The van der Waals surface area contributed by atoms with Gasteiger partial charge in [0.05, 0.1) is 11.4 Å². The Balaban J connectivity index is 1.09. The fourth-order valence-electron chi connectivity index (χ4n) is 10.7. The number of rotatable bonds is 7. The van der Waals surface area contributed by atoms with E-state index in [1.54, 1.807) is 0 Å². The molecule has 322 valence electrons. The first-order chi connectivity index (χ1) is 32.6. The van der Waals surface area contributed by atoms with E-state index in [0.717, 1.165) is 17.1 Å². The number of nitrogens with zero attached hydrogens (tertiary/aromatic N) is 1. The van der Waals surface area contributed by atoms with Crippen molar-refractivity contribution in [1.82, 2.24) is 0 Å². The third-order valence-electron chi connectivity index (χ3n) is 14.3. The molecule has 0 saturated heterocycles. The van der Waals surface area contributed by atoms with Crippen molar-refractivity contribution in [3.05, 3.63) is 235 Å². The lowest BCUT2D eigenvalue weighted by Crippen LogP contribution is -2.17. The maximum Gasteiger partial charge on any atom is 0.0546 e. The molecule has 0 unspecified atom stereocenters. The van der Waals surface area contributed by atoms with Crippen LogP contribution in [0.4, 0.5) is 17.1 Å². The summed E-state index contributed by atoms with van der Waals surface area (Å²) in [6.45, 7) is 11.6. The Morgan fingerprint density at radius 3 is 1.82 bits per heavy atom. The van der Waals surface area contributed by atoms with Crippen molar-refractivity contribution in [2.24, 2.45) is 0 Å². The van der Waals surface area contributed by atoms with Gasteiger partial charge in [-0.2, -0.15) is 0 Å². The molecule has 0 saturated carbocycles. The van der Waals surface area contributed by atoms with Crippen LogP contribution in [0.5, 0.6) is 0 Å². The predicted molar refractivity (Wildman–Crippen MR) is 290 cm³/mol. The first-order valence-corrected chi connectivity index (χ1v) is 24.3. The fourth-order valence-corrected chi connectivity index (χ4v) is 11.9. The van der Waals surface area contributed by atoms with Gasteiger partial charge in [-0.15, -0.1) is 11.3 Å². The zero-order valence-electron chi connectivity index (χ0n) is 38.6. The van der Waals surface area contributed by atoms with Crippen LogP contribution in [0.2, 0.25) is 0 Å². The standard InChI is InChI=1S/C65H51NS/c1-64(2,3)48-34-30-42(31-35-48)47-33-38-59(56(40-47)43-16-7-6-8-17-43)66(49-36-37-53-52-20-11-13-24-57(52)65(4,5)58(53)41-49)60-39-32-44-18-9-10-19-50(44)62(60)46-28-26-45(27-29-46)51-22-15-23-55-54-21-12-14-25-61(54)67-63(51)55/h6-41H,1-5H3. The van der Waals surface area contributed by atoms with Crippen LogP contribution in [0.1, 0.15) is 51.3 Å². The van der Waals surface area contributed by atoms with Gasteiger partial charge >= 0.3 is 0 Å². The molecule has 0 atom stereocenters. The van der Waals surface area contributed by atoms with Gasteiger partial charge in [0.1, 0.15) is 0 Å². The first kappa shape index (κ1) is 40.9. The van der Waals surface area contributed by atoms with Gasteiger partial charge in [0.2, 0.25) is 0 Å². The van der Waals surface area contributed by atoms with Gasteiger partial charge in [-0.05, 0) is 114 Å². The average Bonchev–Trinajstić information content (AvgIpc) is 3.86. The van der Waals surface area contributed by atoms with E-state index in [4.69, 9.17) is 0 Å². The molecule has 1 heterocycles. The zero-order chi connectivity index (χ0) is 45.4. The number of hydrogen-bond donors (Lipinski definition) is 0. The van der Waals surface area contributed by atoms with Crippen molar-refractivity contribution in [1.29, 1.82) is 0 Å². The molecule has 1 aromatic heterocycles. The minimum Gasteiger partial charge on any atom is -0.309 e. The topological polar surface area (TPSA) is 3.24 Å². The van der Waals surface area contributed by atoms with Gasteiger partial charge in [0.25, 0.3) is 0 Å². The summed E-state index contributed by atoms with van der Waals surface area (Å²) in [5.41, 5.74) is 19.6. The molecule has 10 aromatic carbocycles. The van der Waals surface area contributed by atoms with Crippen molar-refractivity contribution in [2.75, 3.05) is 4.90 Å². The van der Waals surface area contributed by atoms with Crippen LogP contribution in [-0.2, 0) is 10.8 Å². The Kier molecular flexibility index (Phi) is 9.68. The molecule has 2 heteroatoms. The van der Waals surface area contributed by atoms with E-state index in [-0.39, 0.29) is 10.8 Å². The summed E-state index contributed by atoms with van der Waals surface area (Å²) in [6.07, 6.45) is 0. The molecule has 0 N–H and O–H groups in total. The summed E-state index contributed by atoms with van der Waals surface area (Å²) in [7, 11) is 0. The summed E-state index contributed by atoms with van der Waals surface area (Å²) in [4.78, 5) is 2.54. The van der Waals surface area contributed by atoms with Crippen molar-refractivity contribution in [3.63, 3.8) is 0 Å². The van der Waals surface area contributed by atoms with E-state index >= 15 is 0 Å². The lowest BCUT2D eigenvalue weighted by molar-refractivity contribution is 0.590. The van der Waals surface area contributed by atoms with E-state index < -0.39 is 0 Å². The molecule has 1 aliphatic rings. The minimum absolute atomic E-state index is 0.0784. The van der Waals surface area contributed by atoms with E-state index in [1.807, 2.05) is 11.3 Å². The van der Waals surface area contributed by atoms with Gasteiger partial charge in [0.15, 0.2) is 0 Å². The van der Waals surface area contributed by atoms with Crippen molar-refractivity contribution >= 4 is 59.3 Å². The van der Waals surface area contributed by atoms with Gasteiger partial charge < -0.3 is 4.90 Å². The van der Waals surface area contributed by atoms with Crippen molar-refractivity contribution in [3.8, 4) is 55.6 Å². The Bertz CT molecular complexity index is 3680. The predicted octanol–water partition coefficient (Wildman–Crippen LogP) is 18.9. The second-order valence-corrected chi connectivity index (χ2v) is 20.8. The highest BCUT2D eigenvalue weighted by Gasteiger charge is 2.36. The first-order valence-electron chi connectivity index (χ1n) is 23.5. The number of fused-ring (bicyclic) bond motifs is 7. The van der Waals surface area contributed by atoms with Crippen LogP contribution >= 0.6 is 11.3 Å². The highest BCUT2D eigenvalue weighted by Crippen LogP contribution is 2.53. The summed E-state index contributed by atoms with van der Waals surface area (Å²) in [5, 5.41) is 5.07. The molecule has 0 fully saturated rings. The molecule has 0 radical (unpaired) electrons. The van der Waals surface area contributed by atoms with E-state index in [9.17, 15) is 0 Å². The highest BCUT2D eigenvalue weighted by molar-refractivity contribution is 7.26. The Labute approximate surface area is 398 Å². The van der Waals surface area contributed by atoms with Crippen LogP contribution in [0.25, 0.3) is 86.6 Å². The quantitative estimate of drug-likeness (QED) is 0.154. The minimum atomic E-state index is -0.168. The molecular weight excluding hydrogens is 827 g/mol. The Morgan fingerprint density at radius 1 is 0.403 bits per heavy atom. The molecule has 12 rings (SSSR count). The lowest BCUT2D eigenvalue weighted by Gasteiger charge is -2.32. The van der Waals surface area contributed by atoms with E-state index in [0.29, 0.717) is 0 Å². The molecular formula is C65H51NS. The van der Waals surface area contributed by atoms with Crippen molar-refractivity contribution in [2.45, 2.75) is 45.4 Å². The average molecular weight is 878 g/mol. The van der Waals surface area contributed by atoms with Gasteiger partial charge in [-0.1, -0.05) is 217 Å². The summed E-state index contributed by atoms with van der Waals surface area (Å²) in [6, 6.07) is 81.7. The molecule has 1 aliphatic carbocycles. The monoisotopic (exact) mass is 877 g/mol. The number of hydrogen-bond acceptors (Lipinski definition) is 2. The Hall–Kier alpha value is -7.52. The lowest BCUT2D eigenvalue weighted by atomic mass is 9.82. The van der Waals surface area contributed by atoms with E-state index in [1.165, 1.54) is 103 Å². The van der Waals surface area contributed by atoms with Crippen LogP contribution in [-0.4, -0.2) is 0 Å². The maximum atomic E-state index is 2.54. The van der Waals surface area contributed by atoms with E-state index in [2.05, 4.69) is 258 Å². The number of anilines is 3. The number of thiophene rings is 1. The van der Waals surface area contributed by atoms with Crippen LogP contribution in [0, 0.1) is 0 Å². The molecule has 0 bridgehead atoms. The van der Waals surface area contributed by atoms with Gasteiger partial charge in [-0.25, -0.2) is 0 Å². The molecule has 0 aliphatic heterocycles. The second-order valence-electron chi connectivity index (χ2n) is 19.7. The highest BCUT2D eigenvalue weighted by atomic mass is 32.1. The SMILES string of the molecule is CC(C)(C)c1ccc(-c2ccc(N(c3ccc4c(c3)C(C)(C)c3ccccc3-4)c3ccc4ccccc4c3-c3ccc(-c4cccc5c4sc4ccccc45)cc3)c(-c3ccccc3)c2)cc1. The van der Waals surface area contributed by atoms with Crippen molar-refractivity contribution < 1.29 is 0 Å². The fraction of sp³-hybridized carbons (Fsp3) is 0.108. The van der Waals surface area contributed by atoms with Gasteiger partial charge in [0, 0.05) is 42.4 Å². The largest absolute Gasteiger partial charge is 0.309 e.